The van der Waals surface area contributed by atoms with Crippen LogP contribution >= 0.6 is 11.3 Å². The van der Waals surface area contributed by atoms with Crippen LogP contribution in [0, 0.1) is 0 Å². The molecule has 0 bridgehead atoms. The Morgan fingerprint density at radius 2 is 1.70 bits per heavy atom. The number of thiazole rings is 1. The number of carbonyl (C=O) groups excluding carboxylic acids is 2. The van der Waals surface area contributed by atoms with Crippen LogP contribution < -0.4 is 4.74 Å². The summed E-state index contributed by atoms with van der Waals surface area (Å²) in [5, 5.41) is 2.22. The molecule has 8 nitrogen and oxygen atoms in total. The third-order valence-corrected chi connectivity index (χ3v) is 8.07. The number of sulfonamides is 1. The molecule has 1 fully saturated rings. The molecule has 4 rings (SSSR count). The summed E-state index contributed by atoms with van der Waals surface area (Å²) in [5.74, 6) is -0.415. The van der Waals surface area contributed by atoms with Gasteiger partial charge in [0, 0.05) is 29.6 Å². The van der Waals surface area contributed by atoms with Crippen molar-refractivity contribution in [2.24, 2.45) is 0 Å². The fourth-order valence-electron chi connectivity index (χ4n) is 3.41. The summed E-state index contributed by atoms with van der Waals surface area (Å²) in [5.41, 5.74) is 1.21. The van der Waals surface area contributed by atoms with Crippen LogP contribution in [0.2, 0.25) is 0 Å². The van der Waals surface area contributed by atoms with Crippen LogP contribution in [-0.4, -0.2) is 56.3 Å². The Bertz CT molecular complexity index is 1240. The van der Waals surface area contributed by atoms with Crippen molar-refractivity contribution in [2.75, 3.05) is 26.8 Å². The number of methoxy groups -OCH3 is 1. The largest absolute Gasteiger partial charge is 0.497 e. The second-order valence-electron chi connectivity index (χ2n) is 7.40. The molecule has 1 aliphatic heterocycles. The first-order chi connectivity index (χ1) is 15.9. The molecular formula is C23H22N2O6S2. The predicted molar refractivity (Wildman–Crippen MR) is 123 cm³/mol. The van der Waals surface area contributed by atoms with Crippen molar-refractivity contribution in [1.29, 1.82) is 0 Å². The fourth-order valence-corrected chi connectivity index (χ4v) is 5.72. The van der Waals surface area contributed by atoms with Crippen LogP contribution in [0.25, 0.3) is 10.6 Å². The molecule has 0 unspecified atom stereocenters. The first-order valence-corrected chi connectivity index (χ1v) is 12.6. The Balaban J connectivity index is 1.35. The van der Waals surface area contributed by atoms with Gasteiger partial charge >= 0.3 is 5.97 Å². The van der Waals surface area contributed by atoms with Crippen LogP contribution in [0.1, 0.15) is 33.7 Å². The van der Waals surface area contributed by atoms with E-state index in [1.54, 1.807) is 24.6 Å². The molecule has 172 valence electrons. The second-order valence-corrected chi connectivity index (χ2v) is 10.2. The molecular weight excluding hydrogens is 464 g/mol. The average molecular weight is 487 g/mol. The normalized spacial score (nSPS) is 14.2. The van der Waals surface area contributed by atoms with Crippen LogP contribution in [0.15, 0.2) is 58.8 Å². The highest BCUT2D eigenvalue weighted by Gasteiger charge is 2.27. The number of esters is 1. The number of nitrogens with zero attached hydrogens (tertiary/aromatic N) is 2. The summed E-state index contributed by atoms with van der Waals surface area (Å²) in [6, 6.07) is 13.0. The van der Waals surface area contributed by atoms with E-state index >= 15 is 0 Å². The van der Waals surface area contributed by atoms with Gasteiger partial charge in [-0.2, -0.15) is 4.31 Å². The van der Waals surface area contributed by atoms with E-state index in [0.29, 0.717) is 18.1 Å². The molecule has 1 aliphatic rings. The number of hydrogen-bond donors (Lipinski definition) is 0. The van der Waals surface area contributed by atoms with Gasteiger partial charge in [-0.3, -0.25) is 4.79 Å². The van der Waals surface area contributed by atoms with Crippen molar-refractivity contribution in [3.05, 3.63) is 65.2 Å². The lowest BCUT2D eigenvalue weighted by Crippen LogP contribution is -2.27. The summed E-state index contributed by atoms with van der Waals surface area (Å²) in [6.45, 7) is 0.554. The van der Waals surface area contributed by atoms with E-state index in [-0.39, 0.29) is 16.2 Å². The van der Waals surface area contributed by atoms with Crippen molar-refractivity contribution >= 4 is 33.1 Å². The smallest absolute Gasteiger partial charge is 0.358 e. The highest BCUT2D eigenvalue weighted by atomic mass is 32.2. The van der Waals surface area contributed by atoms with E-state index in [9.17, 15) is 18.0 Å². The number of hydrogen-bond acceptors (Lipinski definition) is 8. The van der Waals surface area contributed by atoms with Gasteiger partial charge in [-0.1, -0.05) is 0 Å². The van der Waals surface area contributed by atoms with Gasteiger partial charge in [-0.05, 0) is 61.4 Å². The van der Waals surface area contributed by atoms with E-state index in [1.165, 1.54) is 39.9 Å². The number of rotatable bonds is 8. The predicted octanol–water partition coefficient (Wildman–Crippen LogP) is 3.64. The third kappa shape index (κ3) is 5.13. The monoisotopic (exact) mass is 486 g/mol. The number of benzene rings is 2. The van der Waals surface area contributed by atoms with Crippen molar-refractivity contribution in [1.82, 2.24) is 9.29 Å². The van der Waals surface area contributed by atoms with Crippen molar-refractivity contribution in [2.45, 2.75) is 17.7 Å². The molecule has 0 spiro atoms. The van der Waals surface area contributed by atoms with E-state index in [1.807, 2.05) is 12.1 Å². The van der Waals surface area contributed by atoms with Gasteiger partial charge in [-0.25, -0.2) is 18.2 Å². The maximum atomic E-state index is 12.6. The van der Waals surface area contributed by atoms with Gasteiger partial charge in [0.25, 0.3) is 0 Å². The summed E-state index contributed by atoms with van der Waals surface area (Å²) >= 11 is 1.29. The summed E-state index contributed by atoms with van der Waals surface area (Å²) in [4.78, 5) is 29.2. The maximum Gasteiger partial charge on any atom is 0.358 e. The minimum absolute atomic E-state index is 0.116. The Morgan fingerprint density at radius 3 is 2.33 bits per heavy atom. The van der Waals surface area contributed by atoms with E-state index in [0.717, 1.165) is 24.2 Å². The lowest BCUT2D eigenvalue weighted by molar-refractivity contribution is 0.0470. The molecule has 0 aliphatic carbocycles. The zero-order valence-electron chi connectivity index (χ0n) is 17.9. The average Bonchev–Trinajstić information content (AvgIpc) is 3.56. The minimum atomic E-state index is -3.54. The zero-order chi connectivity index (χ0) is 23.4. The summed E-state index contributed by atoms with van der Waals surface area (Å²) in [6.07, 6.45) is 1.70. The Kier molecular flexibility index (Phi) is 6.87. The van der Waals surface area contributed by atoms with Crippen molar-refractivity contribution in [3.8, 4) is 16.3 Å². The molecule has 2 aromatic carbocycles. The molecule has 1 saturated heterocycles. The molecule has 1 aromatic heterocycles. The van der Waals surface area contributed by atoms with Gasteiger partial charge < -0.3 is 9.47 Å². The lowest BCUT2D eigenvalue weighted by Gasteiger charge is -2.15. The molecule has 10 heteroatoms. The highest BCUT2D eigenvalue weighted by molar-refractivity contribution is 7.89. The van der Waals surface area contributed by atoms with Crippen LogP contribution in [-0.2, 0) is 14.8 Å². The number of ether oxygens (including phenoxy) is 2. The van der Waals surface area contributed by atoms with Gasteiger partial charge in [0.2, 0.25) is 10.0 Å². The maximum absolute atomic E-state index is 12.6. The van der Waals surface area contributed by atoms with Crippen LogP contribution in [0.3, 0.4) is 0 Å². The van der Waals surface area contributed by atoms with Crippen molar-refractivity contribution < 1.29 is 27.5 Å². The van der Waals surface area contributed by atoms with Gasteiger partial charge in [0.05, 0.1) is 12.0 Å². The van der Waals surface area contributed by atoms with Gasteiger partial charge in [0.15, 0.2) is 18.1 Å². The number of aromatic nitrogens is 1. The first kappa shape index (κ1) is 23.1. The molecule has 0 amide bonds. The van der Waals surface area contributed by atoms with E-state index < -0.39 is 28.4 Å². The van der Waals surface area contributed by atoms with Crippen LogP contribution in [0.4, 0.5) is 0 Å². The van der Waals surface area contributed by atoms with Crippen molar-refractivity contribution in [3.63, 3.8) is 0 Å². The molecule has 0 saturated carbocycles. The van der Waals surface area contributed by atoms with Gasteiger partial charge in [0.1, 0.15) is 10.8 Å². The molecule has 33 heavy (non-hydrogen) atoms. The quantitative estimate of drug-likeness (QED) is 0.354. The summed E-state index contributed by atoms with van der Waals surface area (Å²) in [7, 11) is -1.96. The second kappa shape index (κ2) is 9.82. The summed E-state index contributed by atoms with van der Waals surface area (Å²) < 4.78 is 36.9. The zero-order valence-corrected chi connectivity index (χ0v) is 19.5. The molecule has 0 radical (unpaired) electrons. The topological polar surface area (TPSA) is 103 Å². The first-order valence-electron chi connectivity index (χ1n) is 10.3. The molecule has 2 heterocycles. The van der Waals surface area contributed by atoms with E-state index in [2.05, 4.69) is 4.98 Å². The Labute approximate surface area is 195 Å². The SMILES string of the molecule is COc1ccc(-c2nc(C(=O)OCC(=O)c3ccc(S(=O)(=O)N4CCCC4)cc3)cs2)cc1. The lowest BCUT2D eigenvalue weighted by atomic mass is 10.1. The minimum Gasteiger partial charge on any atom is -0.497 e. The van der Waals surface area contributed by atoms with Gasteiger partial charge in [-0.15, -0.1) is 11.3 Å². The number of carbonyl (C=O) groups is 2. The van der Waals surface area contributed by atoms with E-state index in [4.69, 9.17) is 9.47 Å². The molecule has 0 N–H and O–H groups in total. The molecule has 3 aromatic rings. The fraction of sp³-hybridized carbons (Fsp3) is 0.261. The Hall–Kier alpha value is -3.08. The van der Waals surface area contributed by atoms with Crippen LogP contribution in [0.5, 0.6) is 5.75 Å². The highest BCUT2D eigenvalue weighted by Crippen LogP contribution is 2.26. The third-order valence-electron chi connectivity index (χ3n) is 5.26. The standard InChI is InChI=1S/C23H22N2O6S2/c1-30-18-8-4-17(5-9-18)22-24-20(15-32-22)23(27)31-14-21(26)16-6-10-19(11-7-16)33(28,29)25-12-2-3-13-25/h4-11,15H,2-3,12-14H2,1H3. The number of Topliss-reactive ketones (excluding diaryl/α,β-unsaturated/α-hetero) is 1. The number of ketones is 1. The molecule has 0 atom stereocenters. The Morgan fingerprint density at radius 1 is 1.03 bits per heavy atom.